The first kappa shape index (κ1) is 16.9. The van der Waals surface area contributed by atoms with Gasteiger partial charge < -0.3 is 24.6 Å². The monoisotopic (exact) mass is 328 g/mol. The molecule has 0 bridgehead atoms. The summed E-state index contributed by atoms with van der Waals surface area (Å²) in [5.74, 6) is 1.39. The van der Waals surface area contributed by atoms with Crippen LogP contribution in [0.25, 0.3) is 0 Å². The van der Waals surface area contributed by atoms with Crippen LogP contribution in [0.4, 0.5) is 11.5 Å². The van der Waals surface area contributed by atoms with Crippen molar-refractivity contribution >= 4 is 17.4 Å². The standard InChI is InChI=1S/C16H16N4O4/c1-10-6-15(20-24-10)18-9-11(8-17)16(21)19-13-7-12(22-2)4-5-14(13)23-3/h4-7,9H,1-3H3,(H,18,20)(H,19,21)/b11-9-. The summed E-state index contributed by atoms with van der Waals surface area (Å²) in [6.45, 7) is 1.73. The van der Waals surface area contributed by atoms with Crippen molar-refractivity contribution in [1.82, 2.24) is 5.16 Å². The van der Waals surface area contributed by atoms with Crippen LogP contribution in [0.2, 0.25) is 0 Å². The Bertz CT molecular complexity index is 805. The van der Waals surface area contributed by atoms with Crippen LogP contribution >= 0.6 is 0 Å². The van der Waals surface area contributed by atoms with Gasteiger partial charge >= 0.3 is 0 Å². The molecule has 0 aliphatic carbocycles. The first-order valence-corrected chi connectivity index (χ1v) is 6.91. The Hall–Kier alpha value is -3.47. The molecule has 8 heteroatoms. The van der Waals surface area contributed by atoms with Gasteiger partial charge in [0.25, 0.3) is 5.91 Å². The van der Waals surface area contributed by atoms with E-state index in [2.05, 4.69) is 15.8 Å². The summed E-state index contributed by atoms with van der Waals surface area (Å²) in [5.41, 5.74) is 0.251. The van der Waals surface area contributed by atoms with Crippen LogP contribution in [-0.2, 0) is 4.79 Å². The highest BCUT2D eigenvalue weighted by atomic mass is 16.5. The summed E-state index contributed by atoms with van der Waals surface area (Å²) in [6.07, 6.45) is 1.25. The summed E-state index contributed by atoms with van der Waals surface area (Å²) >= 11 is 0. The molecule has 0 spiro atoms. The molecule has 0 radical (unpaired) electrons. The number of nitrogens with zero attached hydrogens (tertiary/aromatic N) is 2. The fraction of sp³-hybridized carbons (Fsp3) is 0.188. The van der Waals surface area contributed by atoms with Gasteiger partial charge in [-0.3, -0.25) is 4.79 Å². The highest BCUT2D eigenvalue weighted by molar-refractivity contribution is 6.07. The summed E-state index contributed by atoms with van der Waals surface area (Å²) < 4.78 is 15.2. The maximum absolute atomic E-state index is 12.3. The van der Waals surface area contributed by atoms with E-state index in [1.54, 1.807) is 31.2 Å². The Kier molecular flexibility index (Phi) is 5.41. The van der Waals surface area contributed by atoms with Gasteiger partial charge in [0, 0.05) is 18.3 Å². The zero-order valence-corrected chi connectivity index (χ0v) is 13.4. The smallest absolute Gasteiger partial charge is 0.267 e. The number of anilines is 2. The molecule has 1 aromatic heterocycles. The van der Waals surface area contributed by atoms with E-state index in [1.165, 1.54) is 20.4 Å². The second kappa shape index (κ2) is 7.69. The average Bonchev–Trinajstić information content (AvgIpc) is 3.00. The minimum Gasteiger partial charge on any atom is -0.497 e. The summed E-state index contributed by atoms with van der Waals surface area (Å²) in [6, 6.07) is 8.40. The molecular weight excluding hydrogens is 312 g/mol. The van der Waals surface area contributed by atoms with Crippen molar-refractivity contribution in [3.63, 3.8) is 0 Å². The van der Waals surface area contributed by atoms with Crippen LogP contribution in [0, 0.1) is 18.3 Å². The molecule has 0 saturated carbocycles. The van der Waals surface area contributed by atoms with Gasteiger partial charge in [0.2, 0.25) is 0 Å². The maximum atomic E-state index is 12.3. The Morgan fingerprint density at radius 1 is 1.33 bits per heavy atom. The van der Waals surface area contributed by atoms with Crippen LogP contribution < -0.4 is 20.1 Å². The molecule has 0 atom stereocenters. The molecule has 24 heavy (non-hydrogen) atoms. The van der Waals surface area contributed by atoms with Crippen molar-refractivity contribution in [3.8, 4) is 17.6 Å². The summed E-state index contributed by atoms with van der Waals surface area (Å²) in [5, 5.41) is 18.2. The lowest BCUT2D eigenvalue weighted by Gasteiger charge is -2.11. The van der Waals surface area contributed by atoms with E-state index in [1.807, 2.05) is 6.07 Å². The summed E-state index contributed by atoms with van der Waals surface area (Å²) in [7, 11) is 2.99. The Morgan fingerprint density at radius 2 is 2.12 bits per heavy atom. The molecule has 124 valence electrons. The second-order valence-corrected chi connectivity index (χ2v) is 4.66. The molecule has 0 saturated heterocycles. The Labute approximate surface area is 138 Å². The first-order valence-electron chi connectivity index (χ1n) is 6.91. The molecule has 2 aromatic rings. The maximum Gasteiger partial charge on any atom is 0.267 e. The zero-order valence-electron chi connectivity index (χ0n) is 13.4. The third-order valence-electron chi connectivity index (χ3n) is 3.01. The lowest BCUT2D eigenvalue weighted by Crippen LogP contribution is -2.15. The number of carbonyl (C=O) groups is 1. The van der Waals surface area contributed by atoms with Gasteiger partial charge in [-0.15, -0.1) is 0 Å². The molecule has 0 fully saturated rings. The number of aromatic nitrogens is 1. The molecule has 1 amide bonds. The fourth-order valence-electron chi connectivity index (χ4n) is 1.83. The van der Waals surface area contributed by atoms with Crippen molar-refractivity contribution in [2.24, 2.45) is 0 Å². The predicted molar refractivity (Wildman–Crippen MR) is 86.7 cm³/mol. The van der Waals surface area contributed by atoms with Gasteiger partial charge in [0.15, 0.2) is 5.82 Å². The van der Waals surface area contributed by atoms with E-state index in [4.69, 9.17) is 19.3 Å². The third kappa shape index (κ3) is 4.04. The molecule has 0 aliphatic rings. The lowest BCUT2D eigenvalue weighted by atomic mass is 10.2. The predicted octanol–water partition coefficient (Wildman–Crippen LogP) is 2.46. The normalized spacial score (nSPS) is 10.7. The highest BCUT2D eigenvalue weighted by Crippen LogP contribution is 2.29. The van der Waals surface area contributed by atoms with E-state index >= 15 is 0 Å². The quantitative estimate of drug-likeness (QED) is 0.619. The zero-order chi connectivity index (χ0) is 17.5. The number of hydrogen-bond acceptors (Lipinski definition) is 7. The van der Waals surface area contributed by atoms with Crippen LogP contribution in [0.3, 0.4) is 0 Å². The van der Waals surface area contributed by atoms with E-state index < -0.39 is 5.91 Å². The molecule has 8 nitrogen and oxygen atoms in total. The third-order valence-corrected chi connectivity index (χ3v) is 3.01. The molecule has 2 rings (SSSR count). The number of methoxy groups -OCH3 is 2. The van der Waals surface area contributed by atoms with Crippen molar-refractivity contribution in [2.75, 3.05) is 24.9 Å². The van der Waals surface area contributed by atoms with Crippen molar-refractivity contribution in [1.29, 1.82) is 5.26 Å². The summed E-state index contributed by atoms with van der Waals surface area (Å²) in [4.78, 5) is 12.3. The number of ether oxygens (including phenoxy) is 2. The first-order chi connectivity index (χ1) is 11.6. The number of aryl methyl sites for hydroxylation is 1. The fourth-order valence-corrected chi connectivity index (χ4v) is 1.83. The van der Waals surface area contributed by atoms with E-state index in [0.29, 0.717) is 28.8 Å². The second-order valence-electron chi connectivity index (χ2n) is 4.66. The van der Waals surface area contributed by atoms with Crippen molar-refractivity contribution < 1.29 is 18.8 Å². The van der Waals surface area contributed by atoms with Crippen LogP contribution in [0.15, 0.2) is 40.6 Å². The van der Waals surface area contributed by atoms with Crippen LogP contribution in [0.1, 0.15) is 5.76 Å². The number of hydrogen-bond donors (Lipinski definition) is 2. The number of nitrogens with one attached hydrogen (secondary N) is 2. The number of nitriles is 1. The van der Waals surface area contributed by atoms with E-state index in [0.717, 1.165) is 0 Å². The van der Waals surface area contributed by atoms with Gasteiger partial charge in [0.05, 0.1) is 19.9 Å². The number of amides is 1. The van der Waals surface area contributed by atoms with Gasteiger partial charge in [-0.1, -0.05) is 5.16 Å². The van der Waals surface area contributed by atoms with Crippen LogP contribution in [0.5, 0.6) is 11.5 Å². The topological polar surface area (TPSA) is 109 Å². The average molecular weight is 328 g/mol. The molecular formula is C16H16N4O4. The molecule has 2 N–H and O–H groups in total. The lowest BCUT2D eigenvalue weighted by molar-refractivity contribution is -0.112. The molecule has 1 aromatic carbocycles. The Balaban J connectivity index is 2.16. The van der Waals surface area contributed by atoms with Crippen LogP contribution in [-0.4, -0.2) is 25.3 Å². The van der Waals surface area contributed by atoms with Gasteiger partial charge in [0.1, 0.15) is 28.9 Å². The van der Waals surface area contributed by atoms with E-state index in [9.17, 15) is 4.79 Å². The number of benzene rings is 1. The minimum absolute atomic E-state index is 0.138. The van der Waals surface area contributed by atoms with Crippen molar-refractivity contribution in [2.45, 2.75) is 6.92 Å². The number of carbonyl (C=O) groups excluding carboxylic acids is 1. The molecule has 1 heterocycles. The molecule has 0 unspecified atom stereocenters. The SMILES string of the molecule is COc1ccc(OC)c(NC(=O)/C(C#N)=C\Nc2cc(C)on2)c1. The number of rotatable bonds is 6. The van der Waals surface area contributed by atoms with Crippen molar-refractivity contribution in [3.05, 3.63) is 41.8 Å². The van der Waals surface area contributed by atoms with Gasteiger partial charge in [-0.05, 0) is 19.1 Å². The minimum atomic E-state index is -0.600. The van der Waals surface area contributed by atoms with Gasteiger partial charge in [-0.25, -0.2) is 0 Å². The Morgan fingerprint density at radius 3 is 2.71 bits per heavy atom. The van der Waals surface area contributed by atoms with Gasteiger partial charge in [-0.2, -0.15) is 5.26 Å². The van der Waals surface area contributed by atoms with E-state index in [-0.39, 0.29) is 5.57 Å². The highest BCUT2D eigenvalue weighted by Gasteiger charge is 2.13. The largest absolute Gasteiger partial charge is 0.497 e. The molecule has 0 aliphatic heterocycles.